The minimum absolute atomic E-state index is 0.152. The summed E-state index contributed by atoms with van der Waals surface area (Å²) in [6, 6.07) is 23.7. The predicted molar refractivity (Wildman–Crippen MR) is 131 cm³/mol. The van der Waals surface area contributed by atoms with Gasteiger partial charge in [0.25, 0.3) is 0 Å². The Morgan fingerprint density at radius 2 is 1.76 bits per heavy atom. The number of halogens is 1. The van der Waals surface area contributed by atoms with Gasteiger partial charge in [-0.05, 0) is 74.2 Å². The fourth-order valence-corrected chi connectivity index (χ4v) is 4.43. The molecule has 0 atom stereocenters. The highest BCUT2D eigenvalue weighted by molar-refractivity contribution is 5.90. The number of benzene rings is 3. The maximum Gasteiger partial charge on any atom is 0.126 e. The highest BCUT2D eigenvalue weighted by Gasteiger charge is 2.32. The fraction of sp³-hybridized carbons (Fsp3) is 0.276. The van der Waals surface area contributed by atoms with Crippen molar-refractivity contribution >= 4 is 10.9 Å². The molecular weight excluding hydrogens is 411 g/mol. The molecule has 0 aliphatic rings. The molecular formula is C29H29FN2O. The molecule has 4 rings (SSSR count). The lowest BCUT2D eigenvalue weighted by Crippen LogP contribution is -2.17. The Bertz CT molecular complexity index is 1340. The van der Waals surface area contributed by atoms with Crippen molar-refractivity contribution in [2.75, 3.05) is 0 Å². The summed E-state index contributed by atoms with van der Waals surface area (Å²) in [4.78, 5) is 0. The largest absolute Gasteiger partial charge is 0.489 e. The molecule has 0 aliphatic carbocycles. The molecule has 0 radical (unpaired) electrons. The van der Waals surface area contributed by atoms with E-state index in [-0.39, 0.29) is 11.7 Å². The minimum Gasteiger partial charge on any atom is -0.489 e. The minimum atomic E-state index is -0.712. The summed E-state index contributed by atoms with van der Waals surface area (Å²) in [5.41, 5.74) is 4.89. The molecule has 1 aromatic heterocycles. The first-order valence-corrected chi connectivity index (χ1v) is 11.3. The quantitative estimate of drug-likeness (QED) is 0.310. The van der Waals surface area contributed by atoms with Gasteiger partial charge in [0, 0.05) is 22.3 Å². The second-order valence-electron chi connectivity index (χ2n) is 9.37. The fourth-order valence-electron chi connectivity index (χ4n) is 4.43. The van der Waals surface area contributed by atoms with Crippen molar-refractivity contribution in [3.8, 4) is 17.5 Å². The van der Waals surface area contributed by atoms with Crippen LogP contribution in [0.4, 0.5) is 4.39 Å². The third-order valence-electron chi connectivity index (χ3n) is 6.07. The molecule has 0 saturated carbocycles. The van der Waals surface area contributed by atoms with E-state index < -0.39 is 5.41 Å². The summed E-state index contributed by atoms with van der Waals surface area (Å²) in [5.74, 6) is 0.679. The van der Waals surface area contributed by atoms with Crippen molar-refractivity contribution in [1.82, 2.24) is 4.57 Å². The zero-order valence-electron chi connectivity index (χ0n) is 19.8. The molecule has 0 N–H and O–H groups in total. The molecule has 0 amide bonds. The van der Waals surface area contributed by atoms with Gasteiger partial charge in [0.15, 0.2) is 0 Å². The highest BCUT2D eigenvalue weighted by atomic mass is 19.1. The zero-order chi connectivity index (χ0) is 23.8. The summed E-state index contributed by atoms with van der Waals surface area (Å²) in [6.45, 7) is 10.4. The van der Waals surface area contributed by atoms with Crippen LogP contribution in [0.15, 0.2) is 66.7 Å². The number of hydrogen-bond acceptors (Lipinski definition) is 2. The summed E-state index contributed by atoms with van der Waals surface area (Å²) in [5, 5.41) is 11.0. The Morgan fingerprint density at radius 3 is 2.39 bits per heavy atom. The average molecular weight is 441 g/mol. The Labute approximate surface area is 195 Å². The van der Waals surface area contributed by atoms with Gasteiger partial charge in [-0.3, -0.25) is 0 Å². The van der Waals surface area contributed by atoms with Gasteiger partial charge in [0.2, 0.25) is 0 Å². The van der Waals surface area contributed by atoms with Crippen molar-refractivity contribution in [3.63, 3.8) is 0 Å². The number of hydrogen-bond donors (Lipinski definition) is 0. The van der Waals surface area contributed by atoms with Gasteiger partial charge < -0.3 is 9.30 Å². The van der Waals surface area contributed by atoms with Crippen LogP contribution in [0.5, 0.6) is 5.75 Å². The molecule has 168 valence electrons. The molecule has 4 aromatic rings. The summed E-state index contributed by atoms with van der Waals surface area (Å²) < 4.78 is 22.3. The molecule has 0 saturated heterocycles. The first-order valence-electron chi connectivity index (χ1n) is 11.3. The third-order valence-corrected chi connectivity index (χ3v) is 6.07. The summed E-state index contributed by atoms with van der Waals surface area (Å²) >= 11 is 0. The van der Waals surface area contributed by atoms with Crippen molar-refractivity contribution in [1.29, 1.82) is 5.26 Å². The van der Waals surface area contributed by atoms with E-state index in [1.807, 2.05) is 68.4 Å². The van der Waals surface area contributed by atoms with Crippen LogP contribution in [0, 0.1) is 24.1 Å². The Kier molecular flexibility index (Phi) is 5.99. The lowest BCUT2D eigenvalue weighted by molar-refractivity contribution is 0.306. The number of rotatable bonds is 6. The molecule has 0 bridgehead atoms. The van der Waals surface area contributed by atoms with E-state index in [2.05, 4.69) is 24.5 Å². The van der Waals surface area contributed by atoms with E-state index in [1.54, 1.807) is 13.0 Å². The van der Waals surface area contributed by atoms with Crippen LogP contribution in [0.25, 0.3) is 16.6 Å². The Morgan fingerprint density at radius 1 is 1.03 bits per heavy atom. The van der Waals surface area contributed by atoms with Crippen LogP contribution in [-0.2, 0) is 12.0 Å². The monoisotopic (exact) mass is 440 g/mol. The van der Waals surface area contributed by atoms with Crippen LogP contribution in [0.3, 0.4) is 0 Å². The third kappa shape index (κ3) is 4.24. The second kappa shape index (κ2) is 8.75. The van der Waals surface area contributed by atoms with Gasteiger partial charge in [0.1, 0.15) is 18.2 Å². The van der Waals surface area contributed by atoms with E-state index in [0.29, 0.717) is 12.2 Å². The molecule has 4 heteroatoms. The van der Waals surface area contributed by atoms with E-state index >= 15 is 0 Å². The van der Waals surface area contributed by atoms with Crippen LogP contribution in [0.1, 0.15) is 56.0 Å². The van der Waals surface area contributed by atoms with E-state index in [1.165, 1.54) is 6.07 Å². The van der Waals surface area contributed by atoms with Gasteiger partial charge in [-0.2, -0.15) is 5.26 Å². The molecule has 1 heterocycles. The average Bonchev–Trinajstić information content (AvgIpc) is 3.16. The van der Waals surface area contributed by atoms with Crippen molar-refractivity contribution in [3.05, 3.63) is 94.9 Å². The molecule has 3 nitrogen and oxygen atoms in total. The van der Waals surface area contributed by atoms with E-state index in [9.17, 15) is 9.65 Å². The first-order chi connectivity index (χ1) is 15.7. The van der Waals surface area contributed by atoms with Crippen LogP contribution >= 0.6 is 0 Å². The lowest BCUT2D eigenvalue weighted by atomic mass is 9.82. The Hall–Kier alpha value is -3.58. The van der Waals surface area contributed by atoms with Crippen LogP contribution in [0.2, 0.25) is 0 Å². The number of aromatic nitrogens is 1. The van der Waals surface area contributed by atoms with Gasteiger partial charge >= 0.3 is 0 Å². The molecule has 0 fully saturated rings. The second-order valence-corrected chi connectivity index (χ2v) is 9.37. The summed E-state index contributed by atoms with van der Waals surface area (Å²) in [7, 11) is 0. The van der Waals surface area contributed by atoms with Crippen molar-refractivity contribution < 1.29 is 9.13 Å². The zero-order valence-corrected chi connectivity index (χ0v) is 19.8. The van der Waals surface area contributed by atoms with Gasteiger partial charge in [0.05, 0.1) is 17.0 Å². The Balaban J connectivity index is 1.94. The first kappa shape index (κ1) is 22.6. The molecule has 3 aromatic carbocycles. The topological polar surface area (TPSA) is 38.0 Å². The lowest BCUT2D eigenvalue weighted by Gasteiger charge is -2.21. The van der Waals surface area contributed by atoms with Gasteiger partial charge in [-0.1, -0.05) is 44.2 Å². The van der Waals surface area contributed by atoms with Crippen LogP contribution in [-0.4, -0.2) is 4.57 Å². The predicted octanol–water partition coefficient (Wildman–Crippen LogP) is 7.58. The maximum atomic E-state index is 14.0. The number of aryl methyl sites for hydroxylation is 1. The molecule has 0 unspecified atom stereocenters. The van der Waals surface area contributed by atoms with Crippen LogP contribution < -0.4 is 4.74 Å². The normalized spacial score (nSPS) is 11.7. The van der Waals surface area contributed by atoms with Crippen molar-refractivity contribution in [2.45, 2.75) is 52.6 Å². The maximum absolute atomic E-state index is 14.0. The number of ether oxygens (including phenoxy) is 1. The number of nitriles is 1. The smallest absolute Gasteiger partial charge is 0.126 e. The van der Waals surface area contributed by atoms with Gasteiger partial charge in [-0.25, -0.2) is 4.39 Å². The molecule has 0 spiro atoms. The number of fused-ring (bicyclic) bond motifs is 1. The molecule has 0 aliphatic heterocycles. The van der Waals surface area contributed by atoms with Crippen molar-refractivity contribution in [2.24, 2.45) is 0 Å². The highest BCUT2D eigenvalue weighted by Crippen LogP contribution is 2.42. The SMILES string of the molecule is Cc1cc(-n2c(C(C)C)c(C(C)(C)C#N)c3cc(OCc4ccccc4)ccc32)ccc1F. The van der Waals surface area contributed by atoms with E-state index in [0.717, 1.165) is 39.2 Å². The van der Waals surface area contributed by atoms with E-state index in [4.69, 9.17) is 4.74 Å². The standard InChI is InChI=1S/C29H29FN2O/c1-19(2)28-27(29(4,5)18-31)24-16-23(33-17-21-9-7-6-8-10-21)12-14-26(24)32(28)22-11-13-25(30)20(3)15-22/h6-16,19H,17H2,1-5H3. The van der Waals surface area contributed by atoms with Gasteiger partial charge in [-0.15, -0.1) is 0 Å². The summed E-state index contributed by atoms with van der Waals surface area (Å²) in [6.07, 6.45) is 0. The molecule has 33 heavy (non-hydrogen) atoms. The number of nitrogens with zero attached hydrogens (tertiary/aromatic N) is 2.